The van der Waals surface area contributed by atoms with Gasteiger partial charge in [0.25, 0.3) is 0 Å². The quantitative estimate of drug-likeness (QED) is 0.636. The number of hydrogen-bond acceptors (Lipinski definition) is 5. The first-order valence-electron chi connectivity index (χ1n) is 5.88. The molecule has 0 aliphatic carbocycles. The Balaban J connectivity index is 2.32. The number of nitrogens with zero attached hydrogens (tertiary/aromatic N) is 1. The Kier molecular flexibility index (Phi) is 3.70. The number of nitro benzene ring substituents is 1. The fourth-order valence-corrected chi connectivity index (χ4v) is 1.90. The van der Waals surface area contributed by atoms with Gasteiger partial charge in [0, 0.05) is 7.05 Å². The van der Waals surface area contributed by atoms with Gasteiger partial charge in [0.1, 0.15) is 17.1 Å². The molecule has 2 N–H and O–H groups in total. The van der Waals surface area contributed by atoms with Gasteiger partial charge in [-0.2, -0.15) is 0 Å². The first-order chi connectivity index (χ1) is 9.13. The molecule has 1 unspecified atom stereocenters. The Morgan fingerprint density at radius 2 is 2.00 bits per heavy atom. The molecule has 6 heteroatoms. The molecule has 0 radical (unpaired) electrons. The van der Waals surface area contributed by atoms with Gasteiger partial charge in [0.2, 0.25) is 0 Å². The van der Waals surface area contributed by atoms with Crippen LogP contribution in [0, 0.1) is 10.1 Å². The summed E-state index contributed by atoms with van der Waals surface area (Å²) < 4.78 is 5.28. The van der Waals surface area contributed by atoms with Crippen LogP contribution in [0.4, 0.5) is 17.1 Å². The fourth-order valence-electron chi connectivity index (χ4n) is 1.90. The lowest BCUT2D eigenvalue weighted by Crippen LogP contribution is -2.08. The van der Waals surface area contributed by atoms with Crippen LogP contribution >= 0.6 is 0 Å². The minimum absolute atomic E-state index is 0.0309. The summed E-state index contributed by atoms with van der Waals surface area (Å²) in [6, 6.07) is 8.56. The van der Waals surface area contributed by atoms with E-state index in [4.69, 9.17) is 4.42 Å². The summed E-state index contributed by atoms with van der Waals surface area (Å²) in [6.07, 6.45) is 1.58. The van der Waals surface area contributed by atoms with Gasteiger partial charge < -0.3 is 15.1 Å². The first-order valence-corrected chi connectivity index (χ1v) is 5.88. The predicted octanol–water partition coefficient (Wildman–Crippen LogP) is 3.40. The molecule has 1 aromatic heterocycles. The number of nitrogens with one attached hydrogen (secondary N) is 2. The molecular weight excluding hydrogens is 246 g/mol. The smallest absolute Gasteiger partial charge is 0.315 e. The molecule has 0 aliphatic rings. The van der Waals surface area contributed by atoms with E-state index in [2.05, 4.69) is 10.6 Å². The van der Waals surface area contributed by atoms with Crippen molar-refractivity contribution in [2.24, 2.45) is 0 Å². The third kappa shape index (κ3) is 2.67. The maximum atomic E-state index is 11.2. The van der Waals surface area contributed by atoms with Gasteiger partial charge in [-0.05, 0) is 31.2 Å². The molecule has 2 aromatic rings. The molecule has 0 aliphatic heterocycles. The summed E-state index contributed by atoms with van der Waals surface area (Å²) in [5, 5.41) is 17.1. The summed E-state index contributed by atoms with van der Waals surface area (Å²) >= 11 is 0. The van der Waals surface area contributed by atoms with Crippen LogP contribution in [0.2, 0.25) is 0 Å². The largest absolute Gasteiger partial charge is 0.467 e. The molecular formula is C13H15N3O3. The second kappa shape index (κ2) is 5.43. The van der Waals surface area contributed by atoms with Crippen molar-refractivity contribution >= 4 is 17.1 Å². The van der Waals surface area contributed by atoms with Crippen molar-refractivity contribution in [3.8, 4) is 0 Å². The van der Waals surface area contributed by atoms with Gasteiger partial charge in [-0.1, -0.05) is 6.07 Å². The maximum Gasteiger partial charge on any atom is 0.315 e. The zero-order chi connectivity index (χ0) is 13.8. The molecule has 0 saturated carbocycles. The second-order valence-electron chi connectivity index (χ2n) is 4.09. The highest BCUT2D eigenvalue weighted by Crippen LogP contribution is 2.34. The van der Waals surface area contributed by atoms with E-state index in [0.29, 0.717) is 11.4 Å². The molecule has 0 amide bonds. The Morgan fingerprint density at radius 1 is 1.26 bits per heavy atom. The molecule has 19 heavy (non-hydrogen) atoms. The van der Waals surface area contributed by atoms with Crippen molar-refractivity contribution in [2.75, 3.05) is 17.7 Å². The summed E-state index contributed by atoms with van der Waals surface area (Å²) in [5.41, 5.74) is 0.964. The third-order valence-electron chi connectivity index (χ3n) is 2.83. The van der Waals surface area contributed by atoms with Crippen LogP contribution < -0.4 is 10.6 Å². The number of hydrogen-bond donors (Lipinski definition) is 2. The predicted molar refractivity (Wildman–Crippen MR) is 73.4 cm³/mol. The summed E-state index contributed by atoms with van der Waals surface area (Å²) in [6.45, 7) is 1.88. The van der Waals surface area contributed by atoms with Gasteiger partial charge in [-0.3, -0.25) is 10.1 Å². The SMILES string of the molecule is CNc1cccc(NC(C)c2ccco2)c1[N+](=O)[O-]. The number of nitro groups is 1. The average molecular weight is 261 g/mol. The highest BCUT2D eigenvalue weighted by atomic mass is 16.6. The second-order valence-corrected chi connectivity index (χ2v) is 4.09. The number of furan rings is 1. The fraction of sp³-hybridized carbons (Fsp3) is 0.231. The van der Waals surface area contributed by atoms with Gasteiger partial charge >= 0.3 is 5.69 Å². The van der Waals surface area contributed by atoms with E-state index in [9.17, 15) is 10.1 Å². The minimum Gasteiger partial charge on any atom is -0.467 e. The molecule has 0 fully saturated rings. The third-order valence-corrected chi connectivity index (χ3v) is 2.83. The van der Waals surface area contributed by atoms with Crippen LogP contribution in [-0.4, -0.2) is 12.0 Å². The summed E-state index contributed by atoms with van der Waals surface area (Å²) in [7, 11) is 1.65. The Hall–Kier alpha value is -2.50. The van der Waals surface area contributed by atoms with Gasteiger partial charge in [-0.25, -0.2) is 0 Å². The molecule has 1 aromatic carbocycles. The van der Waals surface area contributed by atoms with Gasteiger partial charge in [-0.15, -0.1) is 0 Å². The van der Waals surface area contributed by atoms with Crippen molar-refractivity contribution < 1.29 is 9.34 Å². The highest BCUT2D eigenvalue weighted by molar-refractivity contribution is 5.76. The molecule has 2 rings (SSSR count). The lowest BCUT2D eigenvalue weighted by molar-refractivity contribution is -0.383. The van der Waals surface area contributed by atoms with Crippen LogP contribution in [-0.2, 0) is 0 Å². The molecule has 1 atom stereocenters. The number of rotatable bonds is 5. The van der Waals surface area contributed by atoms with Gasteiger partial charge in [0.05, 0.1) is 17.2 Å². The first kappa shape index (κ1) is 12.9. The highest BCUT2D eigenvalue weighted by Gasteiger charge is 2.20. The van der Waals surface area contributed by atoms with E-state index in [0.717, 1.165) is 5.76 Å². The number of para-hydroxylation sites is 1. The van der Waals surface area contributed by atoms with Crippen molar-refractivity contribution in [3.63, 3.8) is 0 Å². The minimum atomic E-state index is -0.400. The van der Waals surface area contributed by atoms with E-state index in [1.807, 2.05) is 13.0 Å². The lowest BCUT2D eigenvalue weighted by Gasteiger charge is -2.14. The number of anilines is 2. The van der Waals surface area contributed by atoms with E-state index >= 15 is 0 Å². The summed E-state index contributed by atoms with van der Waals surface area (Å²) in [4.78, 5) is 10.8. The number of benzene rings is 1. The van der Waals surface area contributed by atoms with E-state index in [-0.39, 0.29) is 11.7 Å². The molecule has 0 spiro atoms. The van der Waals surface area contributed by atoms with Crippen LogP contribution in [0.1, 0.15) is 18.7 Å². The van der Waals surface area contributed by atoms with Crippen molar-refractivity contribution in [1.29, 1.82) is 0 Å². The lowest BCUT2D eigenvalue weighted by atomic mass is 10.2. The van der Waals surface area contributed by atoms with Crippen LogP contribution in [0.3, 0.4) is 0 Å². The van der Waals surface area contributed by atoms with Crippen molar-refractivity contribution in [1.82, 2.24) is 0 Å². The Morgan fingerprint density at radius 3 is 2.58 bits per heavy atom. The van der Waals surface area contributed by atoms with E-state index < -0.39 is 4.92 Å². The summed E-state index contributed by atoms with van der Waals surface area (Å²) in [5.74, 6) is 0.726. The molecule has 0 bridgehead atoms. The van der Waals surface area contributed by atoms with Crippen LogP contribution in [0.15, 0.2) is 41.0 Å². The van der Waals surface area contributed by atoms with Crippen molar-refractivity contribution in [2.45, 2.75) is 13.0 Å². The normalized spacial score (nSPS) is 11.9. The van der Waals surface area contributed by atoms with Gasteiger partial charge in [0.15, 0.2) is 0 Å². The van der Waals surface area contributed by atoms with Crippen LogP contribution in [0.5, 0.6) is 0 Å². The molecule has 1 heterocycles. The van der Waals surface area contributed by atoms with Crippen LogP contribution in [0.25, 0.3) is 0 Å². The zero-order valence-electron chi connectivity index (χ0n) is 10.7. The average Bonchev–Trinajstić information content (AvgIpc) is 2.92. The molecule has 0 saturated heterocycles. The monoisotopic (exact) mass is 261 g/mol. The topological polar surface area (TPSA) is 80.3 Å². The Labute approximate surface area is 110 Å². The molecule has 100 valence electrons. The van der Waals surface area contributed by atoms with E-state index in [1.165, 1.54) is 0 Å². The molecule has 6 nitrogen and oxygen atoms in total. The standard InChI is InChI=1S/C13H15N3O3/c1-9(12-7-4-8-19-12)15-11-6-3-5-10(14-2)13(11)16(17)18/h3-9,14-15H,1-2H3. The maximum absolute atomic E-state index is 11.2. The van der Waals surface area contributed by atoms with E-state index in [1.54, 1.807) is 37.6 Å². The Bertz CT molecular complexity index is 567. The van der Waals surface area contributed by atoms with Crippen molar-refractivity contribution in [3.05, 3.63) is 52.5 Å². The zero-order valence-corrected chi connectivity index (χ0v) is 10.7.